The number of oxazole rings is 1. The van der Waals surface area contributed by atoms with E-state index in [2.05, 4.69) is 444 Å². The molecule has 3 heterocycles. The van der Waals surface area contributed by atoms with Gasteiger partial charge in [0.1, 0.15) is 5.69 Å². The minimum absolute atomic E-state index is 0.0650. The molecule has 1 aliphatic heterocycles. The Morgan fingerprint density at radius 3 is 0.907 bits per heavy atom. The zero-order valence-electron chi connectivity index (χ0n) is 87.5. The molecule has 0 fully saturated rings. The molecule has 0 aliphatic carbocycles. The number of benzene rings is 18. The Morgan fingerprint density at radius 1 is 0.280 bits per heavy atom. The van der Waals surface area contributed by atoms with Crippen LogP contribution in [0.3, 0.4) is 0 Å². The van der Waals surface area contributed by atoms with Crippen molar-refractivity contribution in [1.29, 1.82) is 0 Å². The maximum absolute atomic E-state index is 9.24. The van der Waals surface area contributed by atoms with E-state index in [0.717, 1.165) is 132 Å². The summed E-state index contributed by atoms with van der Waals surface area (Å²) in [6.45, 7) is 3.15. The largest absolute Gasteiger partial charge is 0.435 e. The Balaban J connectivity index is 0.000000130. The number of aliphatic hydroxyl groups excluding tert-OH is 1. The molecule has 0 radical (unpaired) electrons. The van der Waals surface area contributed by atoms with Gasteiger partial charge < -0.3 is 53.1 Å². The molecule has 21 rings (SSSR count). The summed E-state index contributed by atoms with van der Waals surface area (Å²) >= 11 is 0. The van der Waals surface area contributed by atoms with Gasteiger partial charge in [0.2, 0.25) is 17.7 Å². The Hall–Kier alpha value is -18.1. The van der Waals surface area contributed by atoms with Crippen LogP contribution in [0.4, 0.5) is 85.3 Å². The van der Waals surface area contributed by atoms with E-state index < -0.39 is 0 Å². The SMILES string of the molecule is CN(C)c1ccc(-c2nc(-c3ccc(N(C)C)cc3)c(-c3ccccc3)o2)cc1.CN(C)c1ccc(C(C)(c2ccc(N(C)C)cc2)c2ccc(N(C)C)cc2)cc1.CN(C)c1ccc(CNN(c2ccccc2)c2ccccc2)cc1.OCc1ccc(C2=NN(c3ccccc3)C(c3ccccc3)C2)cc1.c1ccc(N(c2ccccc2)c2ccc(-c3nnc(-c4ccc(N(c5ccccc5)c5ccccc5)cc4)o3)cc2)cc1. The lowest BCUT2D eigenvalue weighted by molar-refractivity contribution is 0.282. The van der Waals surface area contributed by atoms with E-state index in [1.54, 1.807) is 0 Å². The summed E-state index contributed by atoms with van der Waals surface area (Å²) in [6.07, 6.45) is 0.859. The van der Waals surface area contributed by atoms with Crippen LogP contribution in [-0.4, -0.2) is 111 Å². The van der Waals surface area contributed by atoms with Crippen LogP contribution in [0.25, 0.3) is 56.9 Å². The fourth-order valence-corrected chi connectivity index (χ4v) is 18.0. The topological polar surface area (TPSA) is 142 Å². The van der Waals surface area contributed by atoms with Crippen LogP contribution in [0, 0.1) is 0 Å². The molecule has 1 atom stereocenters. The number of nitrogens with zero attached hydrogens (tertiary/aromatic N) is 14. The fourth-order valence-electron chi connectivity index (χ4n) is 18.0. The van der Waals surface area contributed by atoms with Crippen molar-refractivity contribution >= 4 is 91.0 Å². The van der Waals surface area contributed by atoms with Crippen molar-refractivity contribution in [1.82, 2.24) is 20.6 Å². The van der Waals surface area contributed by atoms with Crippen molar-refractivity contribution in [3.8, 4) is 56.9 Å². The van der Waals surface area contributed by atoms with Gasteiger partial charge in [-0.25, -0.2) is 10.4 Å². The molecule has 0 bridgehead atoms. The van der Waals surface area contributed by atoms with Crippen molar-refractivity contribution in [2.24, 2.45) is 5.10 Å². The monoisotopic (exact) mass is 1970 g/mol. The number of hydrazone groups is 1. The highest BCUT2D eigenvalue weighted by atomic mass is 16.4. The first-order chi connectivity index (χ1) is 73.2. The van der Waals surface area contributed by atoms with Crippen molar-refractivity contribution < 1.29 is 13.9 Å². The number of aliphatic hydroxyl groups is 1. The second-order valence-electron chi connectivity index (χ2n) is 38.0. The van der Waals surface area contributed by atoms with E-state index in [1.807, 2.05) is 204 Å². The molecule has 2 N–H and O–H groups in total. The molecule has 18 nitrogen and oxygen atoms in total. The predicted octanol–water partition coefficient (Wildman–Crippen LogP) is 30.5. The van der Waals surface area contributed by atoms with Crippen LogP contribution >= 0.6 is 0 Å². The maximum Gasteiger partial charge on any atom is 0.248 e. The van der Waals surface area contributed by atoms with Gasteiger partial charge in [-0.1, -0.05) is 273 Å². The summed E-state index contributed by atoms with van der Waals surface area (Å²) in [7, 11) is 24.7. The number of hydrogen-bond acceptors (Lipinski definition) is 18. The summed E-state index contributed by atoms with van der Waals surface area (Å²) < 4.78 is 12.4. The van der Waals surface area contributed by atoms with E-state index in [4.69, 9.17) is 18.9 Å². The quantitative estimate of drug-likeness (QED) is 0.0339. The highest BCUT2D eigenvalue weighted by molar-refractivity contribution is 6.03. The molecule has 0 saturated carbocycles. The lowest BCUT2D eigenvalue weighted by Crippen LogP contribution is -2.33. The first-order valence-corrected chi connectivity index (χ1v) is 50.6. The number of hydrogen-bond donors (Lipinski definition) is 2. The Labute approximate surface area is 883 Å². The maximum atomic E-state index is 9.24. The second kappa shape index (κ2) is 49.7. The molecular formula is C132H129N15O3. The van der Waals surface area contributed by atoms with Crippen LogP contribution in [0.1, 0.15) is 58.3 Å². The molecule has 1 aliphatic rings. The normalized spacial score (nSPS) is 11.8. The molecule has 150 heavy (non-hydrogen) atoms. The van der Waals surface area contributed by atoms with Gasteiger partial charge in [-0.2, -0.15) is 5.10 Å². The summed E-state index contributed by atoms with van der Waals surface area (Å²) in [6, 6.07) is 170. The lowest BCUT2D eigenvalue weighted by atomic mass is 9.71. The highest BCUT2D eigenvalue weighted by Crippen LogP contribution is 2.45. The minimum atomic E-state index is -0.236. The lowest BCUT2D eigenvalue weighted by Gasteiger charge is -2.33. The van der Waals surface area contributed by atoms with E-state index in [9.17, 15) is 5.11 Å². The molecule has 0 amide bonds. The van der Waals surface area contributed by atoms with Gasteiger partial charge in [0.15, 0.2) is 5.76 Å². The number of aromatic nitrogens is 3. The molecule has 0 saturated heterocycles. The van der Waals surface area contributed by atoms with Gasteiger partial charge in [-0.15, -0.1) is 10.2 Å². The van der Waals surface area contributed by atoms with Gasteiger partial charge in [0.25, 0.3) is 0 Å². The Bertz CT molecular complexity index is 7170. The zero-order valence-corrected chi connectivity index (χ0v) is 87.5. The van der Waals surface area contributed by atoms with Gasteiger partial charge in [-0.3, -0.25) is 10.0 Å². The van der Waals surface area contributed by atoms with E-state index in [-0.39, 0.29) is 18.1 Å². The van der Waals surface area contributed by atoms with Crippen LogP contribution in [0.2, 0.25) is 0 Å². The smallest absolute Gasteiger partial charge is 0.248 e. The average molecular weight is 1970 g/mol. The number of nitrogens with one attached hydrogen (secondary N) is 1. The number of rotatable bonds is 29. The van der Waals surface area contributed by atoms with Crippen LogP contribution in [0.15, 0.2) is 505 Å². The van der Waals surface area contributed by atoms with E-state index in [0.29, 0.717) is 17.7 Å². The van der Waals surface area contributed by atoms with Gasteiger partial charge in [-0.05, 0) is 264 Å². The van der Waals surface area contributed by atoms with Gasteiger partial charge >= 0.3 is 0 Å². The highest BCUT2D eigenvalue weighted by Gasteiger charge is 2.33. The van der Waals surface area contributed by atoms with Gasteiger partial charge in [0, 0.05) is 199 Å². The zero-order chi connectivity index (χ0) is 104. The summed E-state index contributed by atoms with van der Waals surface area (Å²) in [5.74, 6) is 2.37. The first-order valence-electron chi connectivity index (χ1n) is 50.6. The third kappa shape index (κ3) is 25.7. The van der Waals surface area contributed by atoms with Crippen molar-refractivity contribution in [2.45, 2.75) is 38.0 Å². The number of para-hydroxylation sites is 7. The molecule has 20 aromatic rings. The van der Waals surface area contributed by atoms with E-state index in [1.165, 1.54) is 50.6 Å². The molecule has 1 unspecified atom stereocenters. The minimum Gasteiger partial charge on any atom is -0.435 e. The predicted molar refractivity (Wildman–Crippen MR) is 628 cm³/mol. The first kappa shape index (κ1) is 103. The Morgan fingerprint density at radius 2 is 0.560 bits per heavy atom. The molecule has 18 aromatic carbocycles. The standard InChI is InChI=1S/C38H28N4O.C26H33N3.C25H25N3O.C22H20N2O.C21H23N3/c1-5-13-31(14-6-1)41(32-15-7-2-8-16-32)35-25-21-29(22-26-35)37-39-40-38(43-37)30-23-27-36(28-24-30)42(33-17-9-3-10-18-33)34-19-11-4-12-20-34;1-26(20-8-14-23(15-9-20)27(2)3,21-10-16-24(17-11-21)28(4)5)22-12-18-25(19-13-22)29(6)7;1-27(2)21-14-10-18(11-15-21)23-24(19-8-6-5-7-9-19)29-25(26-23)20-12-16-22(17-13-20)28(3)4;25-16-17-11-13-18(14-12-17)21-15-22(19-7-3-1-4-8-19)24(23-21)20-9-5-2-6-10-20;1-23(2)19-15-13-18(14-16-19)17-22-24(20-9-5-3-6-10-20)21-11-7-4-8-12-21/h1-28H;8-19H,1-7H3;5-17H,1-4H3;1-14,22,25H,15-16H2;3-16,22H,17H2,1-2H3. The van der Waals surface area contributed by atoms with E-state index >= 15 is 0 Å². The summed E-state index contributed by atoms with van der Waals surface area (Å²) in [5.41, 5.74) is 35.3. The van der Waals surface area contributed by atoms with Crippen molar-refractivity contribution in [3.63, 3.8) is 0 Å². The van der Waals surface area contributed by atoms with Crippen LogP contribution in [-0.2, 0) is 18.6 Å². The Kier molecular flexibility index (Phi) is 34.2. The number of anilines is 15. The molecular weight excluding hydrogens is 1840 g/mol. The number of hydrazine groups is 1. The third-order valence-electron chi connectivity index (χ3n) is 26.6. The average Bonchev–Trinajstić information content (AvgIpc) is 1.12. The second-order valence-corrected chi connectivity index (χ2v) is 38.0. The fraction of sp³-hybridized carbons (Fsp3) is 0.136. The molecule has 18 heteroatoms. The molecule has 750 valence electrons. The summed E-state index contributed by atoms with van der Waals surface area (Å²) in [4.78, 5) is 22.0. The van der Waals surface area contributed by atoms with Gasteiger partial charge in [0.05, 0.1) is 35.4 Å². The summed E-state index contributed by atoms with van der Waals surface area (Å²) in [5, 5.41) is 27.1. The van der Waals surface area contributed by atoms with Crippen LogP contribution in [0.5, 0.6) is 0 Å². The van der Waals surface area contributed by atoms with Crippen LogP contribution < -0.4 is 54.6 Å². The third-order valence-corrected chi connectivity index (χ3v) is 26.6. The molecule has 0 spiro atoms. The molecule has 2 aromatic heterocycles. The van der Waals surface area contributed by atoms with Crippen molar-refractivity contribution in [3.05, 3.63) is 530 Å². The van der Waals surface area contributed by atoms with Crippen molar-refractivity contribution in [2.75, 3.05) is 134 Å².